The van der Waals surface area contributed by atoms with Crippen LogP contribution in [0.4, 0.5) is 0 Å². The SMILES string of the molecule is CC(C)(C)[Si](C)(C)Oc1cc2ccccc2[cH-]1.CC(C)(C)[Si](C)(C)Oc1cc2ccccc2[cH-]1.C[CH]=[Hf]([Cl])[Cl]. The third-order valence-electron chi connectivity index (χ3n) is 7.76. The van der Waals surface area contributed by atoms with E-state index < -0.39 is 35.2 Å². The van der Waals surface area contributed by atoms with Crippen LogP contribution < -0.4 is 8.85 Å². The Morgan fingerprint density at radius 3 is 1.23 bits per heavy atom. The van der Waals surface area contributed by atoms with Crippen LogP contribution >= 0.6 is 17.2 Å². The first-order chi connectivity index (χ1) is 17.9. The van der Waals surface area contributed by atoms with Gasteiger partial charge in [0.05, 0.1) is 0 Å². The van der Waals surface area contributed by atoms with Crippen molar-refractivity contribution in [3.63, 3.8) is 0 Å². The van der Waals surface area contributed by atoms with E-state index in [0.29, 0.717) is 0 Å². The van der Waals surface area contributed by atoms with Gasteiger partial charge in [-0.3, -0.25) is 0 Å². The zero-order valence-electron chi connectivity index (χ0n) is 25.6. The quantitative estimate of drug-likeness (QED) is 0.152. The van der Waals surface area contributed by atoms with Crippen molar-refractivity contribution in [3.8, 4) is 11.5 Å². The van der Waals surface area contributed by atoms with Crippen LogP contribution in [-0.4, -0.2) is 20.4 Å². The summed E-state index contributed by atoms with van der Waals surface area (Å²) in [6.45, 7) is 24.6. The maximum atomic E-state index is 6.29. The van der Waals surface area contributed by atoms with E-state index in [2.05, 4.69) is 141 Å². The van der Waals surface area contributed by atoms with Crippen molar-refractivity contribution in [3.05, 3.63) is 72.8 Å². The van der Waals surface area contributed by atoms with Crippen molar-refractivity contribution in [2.45, 2.75) is 84.7 Å². The topological polar surface area (TPSA) is 18.5 Å². The van der Waals surface area contributed by atoms with Gasteiger partial charge in [0.15, 0.2) is 0 Å². The molecule has 0 spiro atoms. The molecule has 0 atom stereocenters. The van der Waals surface area contributed by atoms with Crippen molar-refractivity contribution >= 4 is 59.1 Å². The van der Waals surface area contributed by atoms with E-state index in [9.17, 15) is 0 Å². The number of hydrogen-bond donors (Lipinski definition) is 0. The standard InChI is InChI=1S/2C15H21OSi.C2H4.2ClH.Hf/c2*1-15(2,3)17(4,5)16-14-10-12-8-6-7-9-13(12)11-14;1-2;;;/h2*6-11H,1-5H3;1H,2H3;2*1H;/q2*-1;;;;+2/p-2. The molecule has 0 aliphatic heterocycles. The van der Waals surface area contributed by atoms with Crippen molar-refractivity contribution in [2.75, 3.05) is 0 Å². The summed E-state index contributed by atoms with van der Waals surface area (Å²) < 4.78 is 14.5. The molecule has 4 aromatic rings. The third-order valence-corrected chi connectivity index (χ3v) is 21.6. The van der Waals surface area contributed by atoms with Crippen LogP contribution in [0.2, 0.25) is 36.3 Å². The van der Waals surface area contributed by atoms with E-state index >= 15 is 0 Å². The summed E-state index contributed by atoms with van der Waals surface area (Å²) in [5.74, 6) is 2.05. The molecule has 0 amide bonds. The van der Waals surface area contributed by atoms with Crippen molar-refractivity contribution in [1.29, 1.82) is 0 Å². The van der Waals surface area contributed by atoms with Gasteiger partial charge < -0.3 is 8.85 Å². The fourth-order valence-electron chi connectivity index (χ4n) is 3.26. The van der Waals surface area contributed by atoms with Crippen molar-refractivity contribution in [2.24, 2.45) is 0 Å². The van der Waals surface area contributed by atoms with E-state index in [-0.39, 0.29) is 10.1 Å². The van der Waals surface area contributed by atoms with Crippen LogP contribution in [0.25, 0.3) is 21.5 Å². The molecular formula is C32H46Cl2HfO2Si2-2. The number of hydrogen-bond acceptors (Lipinski definition) is 2. The predicted octanol–water partition coefficient (Wildman–Crippen LogP) is 11.6. The molecule has 4 aromatic carbocycles. The first-order valence-electron chi connectivity index (χ1n) is 13.5. The molecule has 0 radical (unpaired) electrons. The van der Waals surface area contributed by atoms with E-state index in [4.69, 9.17) is 26.0 Å². The normalized spacial score (nSPS) is 12.2. The summed E-state index contributed by atoms with van der Waals surface area (Å²) in [4.78, 5) is 0. The molecule has 0 aliphatic carbocycles. The second kappa shape index (κ2) is 13.8. The fourth-order valence-corrected chi connectivity index (χ4v) is 5.28. The number of halogens is 2. The molecule has 4 rings (SSSR count). The molecule has 2 nitrogen and oxygen atoms in total. The summed E-state index contributed by atoms with van der Waals surface area (Å²) in [6.07, 6.45) is 0. The van der Waals surface area contributed by atoms with E-state index in [0.717, 1.165) is 11.5 Å². The Balaban J connectivity index is 0.000000234. The molecule has 39 heavy (non-hydrogen) atoms. The molecule has 0 fully saturated rings. The number of rotatable bonds is 4. The first-order valence-corrected chi connectivity index (χ1v) is 30.3. The third kappa shape index (κ3) is 10.1. The van der Waals surface area contributed by atoms with Crippen LogP contribution in [-0.2, 0) is 18.6 Å². The Morgan fingerprint density at radius 2 is 0.974 bits per heavy atom. The molecule has 0 aliphatic rings. The predicted molar refractivity (Wildman–Crippen MR) is 178 cm³/mol. The Bertz CT molecular complexity index is 1200. The molecule has 7 heteroatoms. The van der Waals surface area contributed by atoms with Crippen LogP contribution in [0.15, 0.2) is 72.8 Å². The molecule has 0 saturated carbocycles. The van der Waals surface area contributed by atoms with Gasteiger partial charge in [0, 0.05) is 11.5 Å². The Hall–Kier alpha value is -0.986. The molecular weight excluding hydrogens is 722 g/mol. The summed E-state index contributed by atoms with van der Waals surface area (Å²) in [5, 5.41) is 5.55. The molecule has 0 aromatic heterocycles. The van der Waals surface area contributed by atoms with Gasteiger partial charge in [-0.05, 0) is 36.3 Å². The molecule has 0 heterocycles. The Morgan fingerprint density at radius 1 is 0.667 bits per heavy atom. The minimum absolute atomic E-state index is 0.246. The van der Waals surface area contributed by atoms with Gasteiger partial charge in [-0.1, -0.05) is 53.7 Å². The van der Waals surface area contributed by atoms with Crippen LogP contribution in [0.3, 0.4) is 0 Å². The van der Waals surface area contributed by atoms with E-state index in [1.807, 2.05) is 10.7 Å². The average Bonchev–Trinajstić information content (AvgIpc) is 3.40. The molecule has 0 N–H and O–H groups in total. The summed E-state index contributed by atoms with van der Waals surface area (Å²) in [5.41, 5.74) is 0. The van der Waals surface area contributed by atoms with E-state index in [1.54, 1.807) is 0 Å². The summed E-state index contributed by atoms with van der Waals surface area (Å²) in [6, 6.07) is 25.4. The van der Waals surface area contributed by atoms with Gasteiger partial charge in [-0.15, -0.1) is 82.2 Å². The molecule has 0 bridgehead atoms. The Labute approximate surface area is 253 Å². The van der Waals surface area contributed by atoms with Crippen molar-refractivity contribution in [1.82, 2.24) is 0 Å². The molecule has 0 unspecified atom stereocenters. The number of benzene rings is 2. The second-order valence-electron chi connectivity index (χ2n) is 12.9. The minimum atomic E-state index is -1.88. The van der Waals surface area contributed by atoms with Gasteiger partial charge >= 0.3 is 46.4 Å². The monoisotopic (exact) mass is 768 g/mol. The van der Waals surface area contributed by atoms with Gasteiger partial charge in [0.1, 0.15) is 0 Å². The number of fused-ring (bicyclic) bond motifs is 2. The summed E-state index contributed by atoms with van der Waals surface area (Å²) in [7, 11) is 7.35. The summed E-state index contributed by atoms with van der Waals surface area (Å²) >= 11 is -1.88. The zero-order valence-corrected chi connectivity index (χ0v) is 32.7. The average molecular weight is 768 g/mol. The van der Waals surface area contributed by atoms with Gasteiger partial charge in [-0.2, -0.15) is 0 Å². The van der Waals surface area contributed by atoms with E-state index in [1.165, 1.54) is 21.5 Å². The van der Waals surface area contributed by atoms with Gasteiger partial charge in [0.2, 0.25) is 16.6 Å². The maximum absolute atomic E-state index is 6.29. The van der Waals surface area contributed by atoms with Gasteiger partial charge in [-0.25, -0.2) is 0 Å². The van der Waals surface area contributed by atoms with Crippen molar-refractivity contribution < 1.29 is 27.4 Å². The second-order valence-corrected chi connectivity index (χ2v) is 34.8. The Kier molecular flexibility index (Phi) is 12.1. The zero-order chi connectivity index (χ0) is 29.6. The molecule has 0 saturated heterocycles. The van der Waals surface area contributed by atoms with Crippen LogP contribution in [0.1, 0.15) is 48.5 Å². The molecule has 214 valence electrons. The van der Waals surface area contributed by atoms with Crippen LogP contribution in [0.5, 0.6) is 11.5 Å². The fraction of sp³-hybridized carbons (Fsp3) is 0.406. The first kappa shape index (κ1) is 34.2. The van der Waals surface area contributed by atoms with Gasteiger partial charge in [0.25, 0.3) is 0 Å². The van der Waals surface area contributed by atoms with Crippen LogP contribution in [0, 0.1) is 0 Å².